The molecule has 3 atom stereocenters. The third-order valence-electron chi connectivity index (χ3n) is 8.27. The van der Waals surface area contributed by atoms with E-state index in [0.29, 0.717) is 5.92 Å². The van der Waals surface area contributed by atoms with Gasteiger partial charge in [0.2, 0.25) is 13.6 Å². The summed E-state index contributed by atoms with van der Waals surface area (Å²) in [7, 11) is 0. The molecule has 38 heavy (non-hydrogen) atoms. The molecule has 0 radical (unpaired) electrons. The Balaban J connectivity index is 1.35. The summed E-state index contributed by atoms with van der Waals surface area (Å²) in [4.78, 5) is 0. The van der Waals surface area contributed by atoms with E-state index in [4.69, 9.17) is 24.0 Å². The van der Waals surface area contributed by atoms with Gasteiger partial charge in [-0.25, -0.2) is 0 Å². The minimum Gasteiger partial charge on any atom is -0.454 e. The Morgan fingerprint density at radius 1 is 0.816 bits per heavy atom. The molecule has 6 nitrogen and oxygen atoms in total. The second-order valence-corrected chi connectivity index (χ2v) is 11.6. The summed E-state index contributed by atoms with van der Waals surface area (Å²) < 4.78 is 22.6. The predicted molar refractivity (Wildman–Crippen MR) is 148 cm³/mol. The molecule has 0 N–H and O–H groups in total. The number of allylic oxidation sites excluding steroid dienone is 1. The summed E-state index contributed by atoms with van der Waals surface area (Å²) in [6.07, 6.45) is 4.36. The molecule has 0 spiro atoms. The number of fused-ring (bicyclic) bond motifs is 3. The molecule has 1 saturated carbocycles. The van der Waals surface area contributed by atoms with Crippen LogP contribution in [0.5, 0.6) is 23.0 Å². The zero-order valence-electron chi connectivity index (χ0n) is 22.0. The van der Waals surface area contributed by atoms with Gasteiger partial charge in [0.25, 0.3) is 0 Å². The number of ether oxygens (including phenoxy) is 4. The molecule has 4 aliphatic rings. The van der Waals surface area contributed by atoms with Crippen molar-refractivity contribution < 1.29 is 18.9 Å². The number of hydrazone groups is 1. The third-order valence-corrected chi connectivity index (χ3v) is 8.27. The SMILES string of the molecule is CC(C)(C)[C@@H]1C/C(=C\c2ccc3c(c2)OCO3)C2=NN(c3ccccc3)[C@H](c3ccc4c(c3)OCO4)[C@H]2C1. The molecule has 1 fully saturated rings. The predicted octanol–water partition coefficient (Wildman–Crippen LogP) is 7.22. The van der Waals surface area contributed by atoms with E-state index in [1.54, 1.807) is 0 Å². The zero-order valence-corrected chi connectivity index (χ0v) is 22.0. The van der Waals surface area contributed by atoms with Crippen LogP contribution in [-0.2, 0) is 0 Å². The number of nitrogens with zero attached hydrogens (tertiary/aromatic N) is 2. The molecule has 0 unspecified atom stereocenters. The van der Waals surface area contributed by atoms with Gasteiger partial charge in [-0.05, 0) is 83.3 Å². The van der Waals surface area contributed by atoms with Crippen molar-refractivity contribution in [3.8, 4) is 23.0 Å². The molecular formula is C32H32N2O4. The first kappa shape index (κ1) is 23.2. The van der Waals surface area contributed by atoms with Crippen LogP contribution in [0.25, 0.3) is 6.08 Å². The summed E-state index contributed by atoms with van der Waals surface area (Å²) in [6.45, 7) is 7.62. The van der Waals surface area contributed by atoms with Crippen molar-refractivity contribution in [2.75, 3.05) is 18.6 Å². The Hall–Kier alpha value is -3.93. The number of benzene rings is 3. The fourth-order valence-electron chi connectivity index (χ4n) is 6.14. The van der Waals surface area contributed by atoms with Gasteiger partial charge in [0.05, 0.1) is 17.4 Å². The van der Waals surface area contributed by atoms with Gasteiger partial charge in [0, 0.05) is 5.92 Å². The summed E-state index contributed by atoms with van der Waals surface area (Å²) in [5.41, 5.74) is 6.03. The van der Waals surface area contributed by atoms with Crippen molar-refractivity contribution in [2.24, 2.45) is 22.4 Å². The maximum absolute atomic E-state index is 5.78. The smallest absolute Gasteiger partial charge is 0.231 e. The fourth-order valence-corrected chi connectivity index (χ4v) is 6.14. The van der Waals surface area contributed by atoms with Crippen LogP contribution in [0.15, 0.2) is 77.4 Å². The van der Waals surface area contributed by atoms with Crippen molar-refractivity contribution in [1.29, 1.82) is 0 Å². The molecule has 6 heteroatoms. The van der Waals surface area contributed by atoms with Gasteiger partial charge in [0.15, 0.2) is 23.0 Å². The molecule has 3 aromatic carbocycles. The molecule has 0 bridgehead atoms. The van der Waals surface area contributed by atoms with Crippen molar-refractivity contribution in [3.63, 3.8) is 0 Å². The van der Waals surface area contributed by atoms with Crippen LogP contribution in [-0.4, -0.2) is 19.3 Å². The first-order valence-corrected chi connectivity index (χ1v) is 13.4. The monoisotopic (exact) mass is 508 g/mol. The molecule has 0 amide bonds. The Bertz CT molecular complexity index is 1440. The second kappa shape index (κ2) is 8.83. The Labute approximate surface area is 223 Å². The van der Waals surface area contributed by atoms with E-state index >= 15 is 0 Å². The van der Waals surface area contributed by atoms with Crippen LogP contribution in [0.4, 0.5) is 5.69 Å². The van der Waals surface area contributed by atoms with Crippen LogP contribution in [0.1, 0.15) is 50.8 Å². The molecular weight excluding hydrogens is 476 g/mol. The molecule has 1 aliphatic carbocycles. The highest BCUT2D eigenvalue weighted by atomic mass is 16.7. The first-order valence-electron chi connectivity index (χ1n) is 13.4. The maximum Gasteiger partial charge on any atom is 0.231 e. The van der Waals surface area contributed by atoms with Crippen LogP contribution >= 0.6 is 0 Å². The van der Waals surface area contributed by atoms with Crippen LogP contribution in [0, 0.1) is 17.3 Å². The summed E-state index contributed by atoms with van der Waals surface area (Å²) in [5.74, 6) is 3.98. The van der Waals surface area contributed by atoms with Crippen molar-refractivity contribution >= 4 is 17.5 Å². The van der Waals surface area contributed by atoms with E-state index in [9.17, 15) is 0 Å². The number of hydrogen-bond donors (Lipinski definition) is 0. The van der Waals surface area contributed by atoms with Crippen LogP contribution in [0.3, 0.4) is 0 Å². The highest BCUT2D eigenvalue weighted by Gasteiger charge is 2.46. The molecule has 3 aromatic rings. The second-order valence-electron chi connectivity index (χ2n) is 11.6. The highest BCUT2D eigenvalue weighted by molar-refractivity contribution is 6.08. The number of para-hydroxylation sites is 1. The standard InChI is InChI=1S/C32H32N2O4/c1-32(2,3)23-15-22(13-20-9-11-26-28(14-20)37-18-35-26)30-25(17-23)31(34(33-30)24-7-5-4-6-8-24)21-10-12-27-29(16-21)38-19-36-27/h4-14,16,23,25,31H,15,17-19H2,1-3H3/b22-13+/t23-,25+,31-/m1/s1. The third kappa shape index (κ3) is 3.99. The van der Waals surface area contributed by atoms with Gasteiger partial charge >= 0.3 is 0 Å². The lowest BCUT2D eigenvalue weighted by Crippen LogP contribution is -2.35. The van der Waals surface area contributed by atoms with E-state index < -0.39 is 0 Å². The van der Waals surface area contributed by atoms with Gasteiger partial charge in [-0.3, -0.25) is 5.01 Å². The largest absolute Gasteiger partial charge is 0.454 e. The number of rotatable bonds is 3. The maximum atomic E-state index is 5.78. The Morgan fingerprint density at radius 3 is 2.24 bits per heavy atom. The minimum atomic E-state index is 0.0622. The molecule has 7 rings (SSSR count). The van der Waals surface area contributed by atoms with E-state index in [0.717, 1.165) is 47.1 Å². The lowest BCUT2D eigenvalue weighted by Gasteiger charge is -2.40. The van der Waals surface area contributed by atoms with E-state index in [2.05, 4.69) is 86.5 Å². The highest BCUT2D eigenvalue weighted by Crippen LogP contribution is 2.52. The van der Waals surface area contributed by atoms with Crippen molar-refractivity contribution in [2.45, 2.75) is 39.7 Å². The topological polar surface area (TPSA) is 52.5 Å². The fraction of sp³-hybridized carbons (Fsp3) is 0.344. The lowest BCUT2D eigenvalue weighted by atomic mass is 9.65. The summed E-state index contributed by atoms with van der Waals surface area (Å²) >= 11 is 0. The van der Waals surface area contributed by atoms with Crippen molar-refractivity contribution in [3.05, 3.63) is 83.4 Å². The van der Waals surface area contributed by atoms with Crippen LogP contribution < -0.4 is 24.0 Å². The number of hydrogen-bond acceptors (Lipinski definition) is 6. The molecule has 0 saturated heterocycles. The molecule has 3 aliphatic heterocycles. The minimum absolute atomic E-state index is 0.0622. The first-order chi connectivity index (χ1) is 18.4. The lowest BCUT2D eigenvalue weighted by molar-refractivity contribution is 0.173. The Kier molecular flexibility index (Phi) is 5.39. The average molecular weight is 509 g/mol. The van der Waals surface area contributed by atoms with Crippen molar-refractivity contribution in [1.82, 2.24) is 0 Å². The van der Waals surface area contributed by atoms with Gasteiger partial charge in [-0.2, -0.15) is 5.10 Å². The molecule has 0 aromatic heterocycles. The summed E-state index contributed by atoms with van der Waals surface area (Å²) in [6, 6.07) is 23.1. The molecule has 3 heterocycles. The molecule has 194 valence electrons. The van der Waals surface area contributed by atoms with Crippen LogP contribution in [0.2, 0.25) is 0 Å². The number of anilines is 1. The Morgan fingerprint density at radius 2 is 1.50 bits per heavy atom. The zero-order chi connectivity index (χ0) is 25.9. The normalized spacial score (nSPS) is 24.5. The summed E-state index contributed by atoms with van der Waals surface area (Å²) in [5, 5.41) is 7.57. The van der Waals surface area contributed by atoms with Gasteiger partial charge in [0.1, 0.15) is 0 Å². The van der Waals surface area contributed by atoms with Gasteiger partial charge < -0.3 is 18.9 Å². The van der Waals surface area contributed by atoms with Gasteiger partial charge in [-0.1, -0.05) is 51.1 Å². The van der Waals surface area contributed by atoms with E-state index in [1.807, 2.05) is 12.1 Å². The van der Waals surface area contributed by atoms with E-state index in [1.165, 1.54) is 16.8 Å². The average Bonchev–Trinajstić information content (AvgIpc) is 3.66. The quantitative estimate of drug-likeness (QED) is 0.374. The van der Waals surface area contributed by atoms with E-state index in [-0.39, 0.29) is 31.0 Å². The van der Waals surface area contributed by atoms with Gasteiger partial charge in [-0.15, -0.1) is 0 Å².